The van der Waals surface area contributed by atoms with Crippen LogP contribution in [-0.4, -0.2) is 22.2 Å². The molecule has 19 heavy (non-hydrogen) atoms. The smallest absolute Gasteiger partial charge is 0.142 e. The maximum absolute atomic E-state index is 9.91. The van der Waals surface area contributed by atoms with Gasteiger partial charge in [-0.05, 0) is 30.3 Å². The van der Waals surface area contributed by atoms with Gasteiger partial charge in [-0.2, -0.15) is 0 Å². The van der Waals surface area contributed by atoms with Gasteiger partial charge >= 0.3 is 0 Å². The van der Waals surface area contributed by atoms with Crippen LogP contribution in [0.5, 0.6) is 11.5 Å². The molecule has 1 aromatic heterocycles. The highest BCUT2D eigenvalue weighted by molar-refractivity contribution is 9.10. The maximum atomic E-state index is 9.91. The number of phenolic OH excluding ortho intramolecular Hbond substituents is 1. The molecule has 2 aromatic carbocycles. The minimum atomic E-state index is 0.189. The maximum Gasteiger partial charge on any atom is 0.142 e. The Morgan fingerprint density at radius 1 is 1.21 bits per heavy atom. The van der Waals surface area contributed by atoms with Crippen LogP contribution in [0.2, 0.25) is 0 Å². The van der Waals surface area contributed by atoms with Gasteiger partial charge in [0.15, 0.2) is 0 Å². The van der Waals surface area contributed by atoms with Crippen LogP contribution < -0.4 is 4.74 Å². The molecule has 0 amide bonds. The van der Waals surface area contributed by atoms with Gasteiger partial charge in [-0.3, -0.25) is 0 Å². The van der Waals surface area contributed by atoms with Crippen molar-refractivity contribution in [1.29, 1.82) is 0 Å². The first-order valence-corrected chi connectivity index (χ1v) is 6.49. The third-order valence-electron chi connectivity index (χ3n) is 2.90. The van der Waals surface area contributed by atoms with E-state index in [9.17, 15) is 5.11 Å². The van der Waals surface area contributed by atoms with Gasteiger partial charge in [-0.1, -0.05) is 15.9 Å². The van der Waals surface area contributed by atoms with E-state index in [2.05, 4.69) is 25.9 Å². The van der Waals surface area contributed by atoms with Gasteiger partial charge in [0, 0.05) is 10.5 Å². The van der Waals surface area contributed by atoms with E-state index in [1.807, 2.05) is 24.3 Å². The van der Waals surface area contributed by atoms with E-state index in [1.54, 1.807) is 19.2 Å². The molecule has 3 aromatic rings. The number of methoxy groups -OCH3 is 1. The number of rotatable bonds is 2. The van der Waals surface area contributed by atoms with Crippen molar-refractivity contribution in [2.24, 2.45) is 0 Å². The molecule has 1 heterocycles. The van der Waals surface area contributed by atoms with E-state index in [0.29, 0.717) is 11.4 Å². The summed E-state index contributed by atoms with van der Waals surface area (Å²) < 4.78 is 6.06. The largest absolute Gasteiger partial charge is 0.507 e. The van der Waals surface area contributed by atoms with Crippen LogP contribution in [-0.2, 0) is 0 Å². The first kappa shape index (κ1) is 12.0. The van der Waals surface area contributed by atoms with E-state index in [1.165, 1.54) is 0 Å². The number of hydrogen-bond acceptors (Lipinski definition) is 3. The van der Waals surface area contributed by atoms with Gasteiger partial charge < -0.3 is 14.8 Å². The van der Waals surface area contributed by atoms with Crippen LogP contribution >= 0.6 is 15.9 Å². The molecule has 0 bridgehead atoms. The van der Waals surface area contributed by atoms with Crippen LogP contribution in [0.1, 0.15) is 0 Å². The Morgan fingerprint density at radius 3 is 2.84 bits per heavy atom. The lowest BCUT2D eigenvalue weighted by Gasteiger charge is -2.01. The minimum absolute atomic E-state index is 0.189. The van der Waals surface area contributed by atoms with Crippen molar-refractivity contribution in [3.05, 3.63) is 40.9 Å². The topological polar surface area (TPSA) is 58.1 Å². The molecule has 0 unspecified atom stereocenters. The Bertz CT molecular complexity index is 752. The van der Waals surface area contributed by atoms with Crippen molar-refractivity contribution >= 4 is 27.0 Å². The number of phenols is 1. The number of aromatic nitrogens is 2. The predicted octanol–water partition coefficient (Wildman–Crippen LogP) is 3.71. The van der Waals surface area contributed by atoms with Crippen molar-refractivity contribution in [3.8, 4) is 22.9 Å². The zero-order valence-electron chi connectivity index (χ0n) is 10.1. The van der Waals surface area contributed by atoms with Crippen LogP contribution in [0.4, 0.5) is 0 Å². The first-order chi connectivity index (χ1) is 9.17. The number of nitrogens with zero attached hydrogens (tertiary/aromatic N) is 1. The number of nitrogens with one attached hydrogen (secondary N) is 1. The number of H-pyrrole nitrogens is 1. The molecular weight excluding hydrogens is 308 g/mol. The number of aromatic hydroxyl groups is 1. The monoisotopic (exact) mass is 318 g/mol. The Morgan fingerprint density at radius 2 is 2.05 bits per heavy atom. The zero-order valence-corrected chi connectivity index (χ0v) is 11.7. The Labute approximate surface area is 118 Å². The van der Waals surface area contributed by atoms with Gasteiger partial charge in [-0.25, -0.2) is 4.98 Å². The van der Waals surface area contributed by atoms with Crippen LogP contribution in [0.3, 0.4) is 0 Å². The molecule has 0 saturated heterocycles. The number of fused-ring (bicyclic) bond motifs is 1. The van der Waals surface area contributed by atoms with E-state index < -0.39 is 0 Å². The summed E-state index contributed by atoms with van der Waals surface area (Å²) in [5.41, 5.74) is 2.36. The summed E-state index contributed by atoms with van der Waals surface area (Å²) in [5.74, 6) is 1.58. The number of benzene rings is 2. The average molecular weight is 319 g/mol. The van der Waals surface area contributed by atoms with Gasteiger partial charge in [0.25, 0.3) is 0 Å². The van der Waals surface area contributed by atoms with Gasteiger partial charge in [-0.15, -0.1) is 0 Å². The highest BCUT2D eigenvalue weighted by Gasteiger charge is 2.10. The fraction of sp³-hybridized carbons (Fsp3) is 0.0714. The van der Waals surface area contributed by atoms with Crippen molar-refractivity contribution in [1.82, 2.24) is 9.97 Å². The lowest BCUT2D eigenvalue weighted by molar-refractivity contribution is 0.415. The zero-order chi connectivity index (χ0) is 13.4. The molecular formula is C14H11BrN2O2. The summed E-state index contributed by atoms with van der Waals surface area (Å²) in [4.78, 5) is 7.65. The number of imidazole rings is 1. The molecule has 0 saturated carbocycles. The number of halogens is 1. The molecule has 0 aliphatic rings. The standard InChI is InChI=1S/C14H11BrN2O2/c1-19-9-3-4-11-12(7-9)17-14(16-11)10-6-8(15)2-5-13(10)18/h2-7,18H,1H3,(H,16,17). The summed E-state index contributed by atoms with van der Waals surface area (Å²) in [6.07, 6.45) is 0. The molecule has 2 N–H and O–H groups in total. The van der Waals surface area contributed by atoms with Crippen molar-refractivity contribution < 1.29 is 9.84 Å². The number of ether oxygens (including phenoxy) is 1. The van der Waals surface area contributed by atoms with Crippen LogP contribution in [0, 0.1) is 0 Å². The van der Waals surface area contributed by atoms with Gasteiger partial charge in [0.05, 0.1) is 23.7 Å². The second kappa shape index (κ2) is 4.59. The van der Waals surface area contributed by atoms with Crippen LogP contribution in [0.15, 0.2) is 40.9 Å². The molecule has 4 nitrogen and oxygen atoms in total. The minimum Gasteiger partial charge on any atom is -0.507 e. The van der Waals surface area contributed by atoms with Gasteiger partial charge in [0.2, 0.25) is 0 Å². The fourth-order valence-electron chi connectivity index (χ4n) is 1.94. The highest BCUT2D eigenvalue weighted by Crippen LogP contribution is 2.31. The van der Waals surface area contributed by atoms with E-state index in [4.69, 9.17) is 4.74 Å². The molecule has 0 radical (unpaired) electrons. The van der Waals surface area contributed by atoms with E-state index in [-0.39, 0.29) is 5.75 Å². The first-order valence-electron chi connectivity index (χ1n) is 5.70. The molecule has 0 aliphatic carbocycles. The van der Waals surface area contributed by atoms with Crippen molar-refractivity contribution in [3.63, 3.8) is 0 Å². The molecule has 0 spiro atoms. The molecule has 0 aliphatic heterocycles. The van der Waals surface area contributed by atoms with Crippen LogP contribution in [0.25, 0.3) is 22.4 Å². The van der Waals surface area contributed by atoms with E-state index in [0.717, 1.165) is 21.3 Å². The number of hydrogen-bond donors (Lipinski definition) is 2. The fourth-order valence-corrected chi connectivity index (χ4v) is 2.30. The molecule has 0 fully saturated rings. The predicted molar refractivity (Wildman–Crippen MR) is 77.4 cm³/mol. The summed E-state index contributed by atoms with van der Waals surface area (Å²) in [7, 11) is 1.62. The second-order valence-corrected chi connectivity index (χ2v) is 5.05. The quantitative estimate of drug-likeness (QED) is 0.757. The number of aromatic amines is 1. The molecule has 96 valence electrons. The lowest BCUT2D eigenvalue weighted by atomic mass is 10.2. The molecule has 3 rings (SSSR count). The second-order valence-electron chi connectivity index (χ2n) is 4.13. The normalized spacial score (nSPS) is 10.8. The lowest BCUT2D eigenvalue weighted by Crippen LogP contribution is -1.81. The van der Waals surface area contributed by atoms with E-state index >= 15 is 0 Å². The van der Waals surface area contributed by atoms with Gasteiger partial charge in [0.1, 0.15) is 17.3 Å². The SMILES string of the molecule is COc1ccc2nc(-c3cc(Br)ccc3O)[nH]c2c1. The third kappa shape index (κ3) is 2.17. The molecule has 0 atom stereocenters. The summed E-state index contributed by atoms with van der Waals surface area (Å²) in [6.45, 7) is 0. The summed E-state index contributed by atoms with van der Waals surface area (Å²) in [6, 6.07) is 10.8. The Kier molecular flexibility index (Phi) is 2.91. The Balaban J connectivity index is 2.17. The summed E-state index contributed by atoms with van der Waals surface area (Å²) >= 11 is 3.39. The molecule has 5 heteroatoms. The Hall–Kier alpha value is -2.01. The highest BCUT2D eigenvalue weighted by atomic mass is 79.9. The third-order valence-corrected chi connectivity index (χ3v) is 3.40. The summed E-state index contributed by atoms with van der Waals surface area (Å²) in [5, 5.41) is 9.91. The van der Waals surface area contributed by atoms with Crippen molar-refractivity contribution in [2.45, 2.75) is 0 Å². The average Bonchev–Trinajstić information content (AvgIpc) is 2.83. The van der Waals surface area contributed by atoms with Crippen molar-refractivity contribution in [2.75, 3.05) is 7.11 Å².